The van der Waals surface area contributed by atoms with Gasteiger partial charge in [-0.15, -0.1) is 0 Å². The number of Topliss-reactive ketones (excluding diaryl/α,β-unsaturated/α-hetero) is 1. The van der Waals surface area contributed by atoms with Gasteiger partial charge in [-0.1, -0.05) is 23.8 Å². The number of aryl methyl sites for hydroxylation is 2. The van der Waals surface area contributed by atoms with Gasteiger partial charge in [-0.05, 0) is 32.3 Å². The largest absolute Gasteiger partial charge is 0.401 e. The van der Waals surface area contributed by atoms with Gasteiger partial charge in [0.05, 0.1) is 11.3 Å². The molecule has 0 radical (unpaired) electrons. The monoisotopic (exact) mass is 256 g/mol. The minimum absolute atomic E-state index is 0.115. The number of aliphatic imine (C=N–C) groups is 1. The number of rotatable bonds is 2. The summed E-state index contributed by atoms with van der Waals surface area (Å²) in [5.41, 5.74) is 11.4. The van der Waals surface area contributed by atoms with Gasteiger partial charge in [-0.2, -0.15) is 0 Å². The fourth-order valence-corrected chi connectivity index (χ4v) is 2.60. The third-order valence-electron chi connectivity index (χ3n) is 3.55. The first-order valence-electron chi connectivity index (χ1n) is 6.61. The Morgan fingerprint density at radius 2 is 2.00 bits per heavy atom. The summed E-state index contributed by atoms with van der Waals surface area (Å²) >= 11 is 0. The maximum absolute atomic E-state index is 12.1. The van der Waals surface area contributed by atoms with Crippen molar-refractivity contribution in [3.63, 3.8) is 0 Å². The molecule has 0 amide bonds. The van der Waals surface area contributed by atoms with Crippen LogP contribution in [0.3, 0.4) is 0 Å². The highest BCUT2D eigenvalue weighted by Gasteiger charge is 2.24. The summed E-state index contributed by atoms with van der Waals surface area (Å²) < 4.78 is 0. The lowest BCUT2D eigenvalue weighted by molar-refractivity contribution is -0.115. The number of hydrogen-bond acceptors (Lipinski definition) is 3. The molecule has 3 heteroatoms. The van der Waals surface area contributed by atoms with Crippen LogP contribution in [0.25, 0.3) is 0 Å². The Labute approximate surface area is 114 Å². The van der Waals surface area contributed by atoms with Gasteiger partial charge in [-0.3, -0.25) is 9.79 Å². The van der Waals surface area contributed by atoms with E-state index in [4.69, 9.17) is 5.73 Å². The van der Waals surface area contributed by atoms with Gasteiger partial charge in [0, 0.05) is 24.7 Å². The first-order valence-corrected chi connectivity index (χ1v) is 6.61. The fraction of sp³-hybridized carbons (Fsp3) is 0.375. The SMILES string of the molecule is CN=C(C1=C(N)CCCC1=O)c1ccc(C)cc1C. The van der Waals surface area contributed by atoms with E-state index in [1.54, 1.807) is 7.05 Å². The summed E-state index contributed by atoms with van der Waals surface area (Å²) in [4.78, 5) is 16.5. The molecule has 0 aromatic heterocycles. The highest BCUT2D eigenvalue weighted by Crippen LogP contribution is 2.24. The molecule has 1 aliphatic carbocycles. The Bertz CT molecular complexity index is 582. The van der Waals surface area contributed by atoms with Gasteiger partial charge in [-0.25, -0.2) is 0 Å². The van der Waals surface area contributed by atoms with Crippen LogP contribution in [0.15, 0.2) is 34.5 Å². The third-order valence-corrected chi connectivity index (χ3v) is 3.55. The van der Waals surface area contributed by atoms with Gasteiger partial charge < -0.3 is 5.73 Å². The van der Waals surface area contributed by atoms with Crippen molar-refractivity contribution in [1.29, 1.82) is 0 Å². The highest BCUT2D eigenvalue weighted by molar-refractivity contribution is 6.29. The molecule has 19 heavy (non-hydrogen) atoms. The molecule has 2 N–H and O–H groups in total. The van der Waals surface area contributed by atoms with Crippen LogP contribution in [0.2, 0.25) is 0 Å². The molecule has 1 aliphatic rings. The number of ketones is 1. The predicted molar refractivity (Wildman–Crippen MR) is 78.4 cm³/mol. The lowest BCUT2D eigenvalue weighted by Gasteiger charge is -2.19. The zero-order valence-corrected chi connectivity index (χ0v) is 11.8. The van der Waals surface area contributed by atoms with E-state index in [9.17, 15) is 4.79 Å². The molecule has 0 heterocycles. The fourth-order valence-electron chi connectivity index (χ4n) is 2.60. The van der Waals surface area contributed by atoms with Crippen molar-refractivity contribution in [2.75, 3.05) is 7.05 Å². The zero-order valence-electron chi connectivity index (χ0n) is 11.8. The molecule has 0 atom stereocenters. The van der Waals surface area contributed by atoms with Crippen LogP contribution in [0.4, 0.5) is 0 Å². The van der Waals surface area contributed by atoms with Crippen molar-refractivity contribution in [2.24, 2.45) is 10.7 Å². The Kier molecular flexibility index (Phi) is 3.84. The standard InChI is InChI=1S/C16H20N2O/c1-10-7-8-12(11(2)9-10)16(18-3)15-13(17)5-4-6-14(15)19/h7-9H,4-6,17H2,1-3H3. The lowest BCUT2D eigenvalue weighted by Crippen LogP contribution is -2.24. The number of hydrogen-bond donors (Lipinski definition) is 1. The predicted octanol–water partition coefficient (Wildman–Crippen LogP) is 2.69. The van der Waals surface area contributed by atoms with Gasteiger partial charge in [0.25, 0.3) is 0 Å². The molecule has 0 aliphatic heterocycles. The third kappa shape index (κ3) is 2.60. The smallest absolute Gasteiger partial charge is 0.166 e. The Morgan fingerprint density at radius 1 is 1.26 bits per heavy atom. The normalized spacial score (nSPS) is 17.0. The molecule has 2 rings (SSSR count). The van der Waals surface area contributed by atoms with Crippen molar-refractivity contribution in [3.8, 4) is 0 Å². The minimum atomic E-state index is 0.115. The second kappa shape index (κ2) is 5.39. The molecule has 0 unspecified atom stereocenters. The van der Waals surface area contributed by atoms with Crippen LogP contribution in [0.5, 0.6) is 0 Å². The van der Waals surface area contributed by atoms with Crippen LogP contribution in [-0.4, -0.2) is 18.5 Å². The first kappa shape index (κ1) is 13.5. The van der Waals surface area contributed by atoms with E-state index in [1.807, 2.05) is 19.1 Å². The van der Waals surface area contributed by atoms with Crippen molar-refractivity contribution < 1.29 is 4.79 Å². The van der Waals surface area contributed by atoms with Crippen molar-refractivity contribution in [1.82, 2.24) is 0 Å². The summed E-state index contributed by atoms with van der Waals surface area (Å²) in [5.74, 6) is 0.115. The van der Waals surface area contributed by atoms with Crippen molar-refractivity contribution >= 4 is 11.5 Å². The summed E-state index contributed by atoms with van der Waals surface area (Å²) in [6.07, 6.45) is 2.20. The average molecular weight is 256 g/mol. The number of nitrogens with two attached hydrogens (primary N) is 1. The Balaban J connectivity index is 2.55. The maximum Gasteiger partial charge on any atom is 0.166 e. The summed E-state index contributed by atoms with van der Waals surface area (Å²) in [5, 5.41) is 0. The van der Waals surface area contributed by atoms with Gasteiger partial charge in [0.15, 0.2) is 5.78 Å². The van der Waals surface area contributed by atoms with E-state index < -0.39 is 0 Å². The molecule has 0 bridgehead atoms. The first-order chi connectivity index (χ1) is 9.04. The van der Waals surface area contributed by atoms with E-state index in [2.05, 4.69) is 18.0 Å². The second-order valence-corrected chi connectivity index (χ2v) is 5.07. The minimum Gasteiger partial charge on any atom is -0.401 e. The molecule has 1 aromatic rings. The number of allylic oxidation sites excluding steroid dienone is 2. The summed E-state index contributed by atoms with van der Waals surface area (Å²) in [6.45, 7) is 4.09. The molecule has 0 saturated heterocycles. The highest BCUT2D eigenvalue weighted by atomic mass is 16.1. The molecule has 0 fully saturated rings. The number of nitrogens with zero attached hydrogens (tertiary/aromatic N) is 1. The summed E-state index contributed by atoms with van der Waals surface area (Å²) in [7, 11) is 1.72. The van der Waals surface area contributed by atoms with E-state index >= 15 is 0 Å². The van der Waals surface area contributed by atoms with Crippen molar-refractivity contribution in [3.05, 3.63) is 46.2 Å². The van der Waals surface area contributed by atoms with Crippen LogP contribution in [0.1, 0.15) is 36.0 Å². The topological polar surface area (TPSA) is 55.4 Å². The van der Waals surface area contributed by atoms with Crippen LogP contribution in [0, 0.1) is 13.8 Å². The number of benzene rings is 1. The van der Waals surface area contributed by atoms with Crippen LogP contribution < -0.4 is 5.73 Å². The Hall–Kier alpha value is -1.90. The second-order valence-electron chi connectivity index (χ2n) is 5.07. The van der Waals surface area contributed by atoms with E-state index in [0.717, 1.165) is 29.7 Å². The maximum atomic E-state index is 12.1. The molecule has 0 spiro atoms. The molecule has 0 saturated carbocycles. The summed E-state index contributed by atoms with van der Waals surface area (Å²) in [6, 6.07) is 6.16. The lowest BCUT2D eigenvalue weighted by atomic mass is 9.87. The Morgan fingerprint density at radius 3 is 2.58 bits per heavy atom. The number of carbonyl (C=O) groups is 1. The quantitative estimate of drug-likeness (QED) is 0.827. The van der Waals surface area contributed by atoms with Gasteiger partial charge in [0.1, 0.15) is 0 Å². The van der Waals surface area contributed by atoms with E-state index in [1.165, 1.54) is 5.56 Å². The molecular weight excluding hydrogens is 236 g/mol. The number of carbonyl (C=O) groups excluding carboxylic acids is 1. The van der Waals surface area contributed by atoms with Gasteiger partial charge >= 0.3 is 0 Å². The average Bonchev–Trinajstić information content (AvgIpc) is 2.35. The van der Waals surface area contributed by atoms with E-state index in [-0.39, 0.29) is 5.78 Å². The molecule has 1 aromatic carbocycles. The zero-order chi connectivity index (χ0) is 14.0. The van der Waals surface area contributed by atoms with Crippen LogP contribution >= 0.6 is 0 Å². The van der Waals surface area contributed by atoms with Crippen LogP contribution in [-0.2, 0) is 4.79 Å². The molecular formula is C16H20N2O. The van der Waals surface area contributed by atoms with E-state index in [0.29, 0.717) is 17.7 Å². The molecule has 100 valence electrons. The molecule has 3 nitrogen and oxygen atoms in total. The van der Waals surface area contributed by atoms with Gasteiger partial charge in [0.2, 0.25) is 0 Å². The van der Waals surface area contributed by atoms with Crippen molar-refractivity contribution in [2.45, 2.75) is 33.1 Å².